The van der Waals surface area contributed by atoms with Gasteiger partial charge in [0.2, 0.25) is 23.6 Å². The number of hydrogen-bond donors (Lipinski definition) is 11. The van der Waals surface area contributed by atoms with Gasteiger partial charge in [-0.25, -0.2) is 24.3 Å². The molecule has 5 aliphatic carbocycles. The van der Waals surface area contributed by atoms with E-state index in [-0.39, 0.29) is 66.1 Å². The van der Waals surface area contributed by atoms with E-state index in [0.717, 1.165) is 186 Å². The van der Waals surface area contributed by atoms with Crippen molar-refractivity contribution < 1.29 is 42.7 Å². The van der Waals surface area contributed by atoms with Crippen LogP contribution in [-0.2, 0) is 25.7 Å². The molecule has 8 amide bonds. The number of halogens is 1. The Hall–Kier alpha value is -14.9. The van der Waals surface area contributed by atoms with Crippen LogP contribution in [0.3, 0.4) is 0 Å². The summed E-state index contributed by atoms with van der Waals surface area (Å²) in [7, 11) is 0. The Morgan fingerprint density at radius 2 is 0.763 bits per heavy atom. The first-order chi connectivity index (χ1) is 67.3. The molecule has 0 radical (unpaired) electrons. The van der Waals surface area contributed by atoms with Gasteiger partial charge in [-0.05, 0) is 192 Å². The second-order valence-electron chi connectivity index (χ2n) is 36.5. The number of nitrogens with one attached hydrogen (secondary N) is 10. The number of piperidine rings is 1. The van der Waals surface area contributed by atoms with Crippen molar-refractivity contribution in [2.24, 2.45) is 5.73 Å². The molecular formula is C99H98FN27O8S4. The smallest absolute Gasteiger partial charge is 0.263 e. The van der Waals surface area contributed by atoms with Gasteiger partial charge in [0, 0.05) is 138 Å². The number of aryl methyl sites for hydroxylation is 1. The molecular weight excluding hydrogens is 1840 g/mol. The third-order valence-electron chi connectivity index (χ3n) is 25.4. The van der Waals surface area contributed by atoms with Gasteiger partial charge < -0.3 is 68.7 Å². The molecule has 12 N–H and O–H groups in total. The van der Waals surface area contributed by atoms with Gasteiger partial charge in [0.15, 0.2) is 22.6 Å². The van der Waals surface area contributed by atoms with Crippen LogP contribution in [0.5, 0.6) is 0 Å². The van der Waals surface area contributed by atoms with Gasteiger partial charge in [-0.3, -0.25) is 48.3 Å². The topological polar surface area (TPSA) is 436 Å². The molecule has 0 unspecified atom stereocenters. The van der Waals surface area contributed by atoms with Crippen molar-refractivity contribution in [1.29, 1.82) is 0 Å². The van der Waals surface area contributed by atoms with E-state index in [0.29, 0.717) is 159 Å². The summed E-state index contributed by atoms with van der Waals surface area (Å²) in [5, 5.41) is 49.3. The largest absolute Gasteiger partial charge is 0.367 e. The molecule has 6 aliphatic heterocycles. The number of rotatable bonds is 23. The number of fused-ring (bicyclic) bond motifs is 4. The van der Waals surface area contributed by atoms with E-state index in [1.807, 2.05) is 103 Å². The van der Waals surface area contributed by atoms with Crippen molar-refractivity contribution in [3.05, 3.63) is 235 Å². The number of aromatic nitrogens is 14. The van der Waals surface area contributed by atoms with E-state index in [4.69, 9.17) is 25.7 Å². The summed E-state index contributed by atoms with van der Waals surface area (Å²) < 4.78 is 20.7. The molecule has 24 rings (SSSR count). The minimum atomic E-state index is -0.818. The van der Waals surface area contributed by atoms with Crippen LogP contribution in [0.1, 0.15) is 188 Å². The van der Waals surface area contributed by atoms with Gasteiger partial charge in [0.05, 0.1) is 136 Å². The first kappa shape index (κ1) is 90.6. The highest BCUT2D eigenvalue weighted by Crippen LogP contribution is 2.41. The number of carbonyl (C=O) groups is 8. The number of carbonyl (C=O) groups excluding carboxylic acids is 8. The average Bonchev–Trinajstić information content (AvgIpc) is 1.63. The maximum absolute atomic E-state index is 13.5. The minimum Gasteiger partial charge on any atom is -0.367 e. The van der Waals surface area contributed by atoms with Crippen LogP contribution in [0, 0.1) is 6.92 Å². The van der Waals surface area contributed by atoms with Gasteiger partial charge in [-0.15, -0.1) is 45.3 Å². The summed E-state index contributed by atoms with van der Waals surface area (Å²) in [5.41, 5.74) is 22.2. The molecule has 19 heterocycles. The van der Waals surface area contributed by atoms with Crippen molar-refractivity contribution >= 4 is 163 Å². The van der Waals surface area contributed by atoms with Crippen LogP contribution < -0.4 is 58.9 Å². The molecule has 35 nitrogen and oxygen atoms in total. The lowest BCUT2D eigenvalue weighted by atomic mass is 9.93. The van der Waals surface area contributed by atoms with Crippen molar-refractivity contribution in [3.8, 4) is 42.3 Å². The molecule has 11 fully saturated rings. The molecule has 40 heteroatoms. The fourth-order valence-electron chi connectivity index (χ4n) is 16.9. The van der Waals surface area contributed by atoms with Gasteiger partial charge in [-0.1, -0.05) is 26.3 Å². The number of thiophene rings is 4. The van der Waals surface area contributed by atoms with E-state index in [9.17, 15) is 42.7 Å². The lowest BCUT2D eigenvalue weighted by Gasteiger charge is -2.28. The maximum atomic E-state index is 13.5. The summed E-state index contributed by atoms with van der Waals surface area (Å²) in [4.78, 5) is 136. The summed E-state index contributed by atoms with van der Waals surface area (Å²) >= 11 is 5.65. The summed E-state index contributed by atoms with van der Waals surface area (Å²) in [6.07, 6.45) is 32.2. The Bertz CT molecular complexity index is 7380. The number of alkyl halides is 1. The summed E-state index contributed by atoms with van der Waals surface area (Å²) in [6, 6.07) is 25.0. The zero-order valence-corrected chi connectivity index (χ0v) is 79.1. The zero-order valence-electron chi connectivity index (χ0n) is 75.8. The quantitative estimate of drug-likeness (QED) is 0.0283. The van der Waals surface area contributed by atoms with Gasteiger partial charge >= 0.3 is 0 Å². The normalized spacial score (nSPS) is 19.4. The van der Waals surface area contributed by atoms with Gasteiger partial charge in [0.25, 0.3) is 23.6 Å². The number of amides is 8. The van der Waals surface area contributed by atoms with Crippen LogP contribution in [0.4, 0.5) is 27.7 Å². The number of nitrogens with two attached hydrogens (primary N) is 1. The molecule has 1 atom stereocenters. The highest BCUT2D eigenvalue weighted by molar-refractivity contribution is 7.18. The molecule has 0 bridgehead atoms. The van der Waals surface area contributed by atoms with E-state index in [2.05, 4.69) is 110 Å². The zero-order chi connectivity index (χ0) is 95.5. The van der Waals surface area contributed by atoms with Crippen molar-refractivity contribution in [3.63, 3.8) is 0 Å². The maximum Gasteiger partial charge on any atom is 0.263 e. The first-order valence-corrected chi connectivity index (χ1v) is 49.8. The number of nitrogens with zero attached hydrogens (tertiary/aromatic N) is 16. The second-order valence-corrected chi connectivity index (χ2v) is 40.8. The Morgan fingerprint density at radius 1 is 0.424 bits per heavy atom. The number of anilines is 4. The number of likely N-dealkylation sites (tertiary alicyclic amines) is 2. The highest BCUT2D eigenvalue weighted by atomic mass is 32.1. The van der Waals surface area contributed by atoms with Crippen molar-refractivity contribution in [1.82, 2.24) is 110 Å². The van der Waals surface area contributed by atoms with Crippen LogP contribution >= 0.6 is 45.3 Å². The predicted octanol–water partition coefficient (Wildman–Crippen LogP) is 13.9. The fraction of sp³-hybridized carbons (Fsp3) is 0.313. The van der Waals surface area contributed by atoms with E-state index < -0.39 is 6.17 Å². The fourth-order valence-corrected chi connectivity index (χ4v) is 20.5. The lowest BCUT2D eigenvalue weighted by molar-refractivity contribution is -0.119. The molecule has 708 valence electrons. The monoisotopic (exact) mass is 1940 g/mol. The van der Waals surface area contributed by atoms with Crippen LogP contribution in [0.2, 0.25) is 0 Å². The predicted molar refractivity (Wildman–Crippen MR) is 533 cm³/mol. The Balaban J connectivity index is 0.000000110. The van der Waals surface area contributed by atoms with Crippen molar-refractivity contribution in [2.75, 3.05) is 47.4 Å². The average molecular weight is 1940 g/mol. The van der Waals surface area contributed by atoms with Crippen molar-refractivity contribution in [2.45, 2.75) is 171 Å². The number of allylic oxidation sites excluding steroid dienone is 4. The van der Waals surface area contributed by atoms with E-state index >= 15 is 0 Å². The Kier molecular flexibility index (Phi) is 24.9. The second kappa shape index (κ2) is 38.2. The molecule has 13 aromatic rings. The first-order valence-electron chi connectivity index (χ1n) is 46.5. The van der Waals surface area contributed by atoms with Gasteiger partial charge in [0.1, 0.15) is 29.4 Å². The minimum absolute atomic E-state index is 0.0138. The van der Waals surface area contributed by atoms with Crippen LogP contribution in [0.25, 0.3) is 89.2 Å². The van der Waals surface area contributed by atoms with Crippen LogP contribution in [0.15, 0.2) is 181 Å². The lowest BCUT2D eigenvalue weighted by Crippen LogP contribution is -2.39. The third-order valence-corrected chi connectivity index (χ3v) is 29.8. The standard InChI is InChI=1S/C26H24N8O2S.C25H25FN6O2S.C24H25N7O2S.C24H24N6O2S/c1-14-10-28-19(12-27-14)13-29-26(36)22-6-5-21(37-22)20-9-23(32-18-3-4-18)34-25(33-20)17(11-30-34)7-16-8-24(35)31-15(16)2;1-14-15(11-23(33)28-14)10-16-13-27-32-22(29-18-2-3-18)12-19(30-24(16)32)20-4-5-21(35-20)25(34)31-8-6-17(26)7-9-31;1-13-14(9-22(32)27-13)8-15-11-26-31-21(28-17-2-3-17)10-18(29-23(15)31)19-4-5-20(34-19)24(33)30-7-6-16(25)12-30;1-13-14(10-22(31)26-13)9-15-12-25-30-21(27-17-5-6-17)11-18(29-23(15)30)19-7-8-20(33-19)24(32)28-16-3-2-4-16/h5-7,9-12,18,32H,2-4,8,13H2,1H3,(H,29,36)(H,31,35);4-5,10,12-13,17-18,29H,1-3,6-9,11H2,(H,28,33);4-5,8,10-11,16-17,28H,1-3,6-7,9,12,25H2,(H,27,32);7-9,11-12,16-17,27H,1-6,10H2,(H,26,31)(H,28,32)/b16-7+;15-10+;14-8+;14-9+/t;;16-;/m..0./s1. The molecule has 13 aromatic heterocycles. The molecule has 5 saturated carbocycles. The van der Waals surface area contributed by atoms with Crippen LogP contribution in [-0.4, -0.2) is 194 Å². The molecule has 0 aromatic carbocycles. The highest BCUT2D eigenvalue weighted by Gasteiger charge is 2.34. The molecule has 11 aliphatic rings. The molecule has 0 spiro atoms. The molecule has 6 saturated heterocycles. The third kappa shape index (κ3) is 20.5. The van der Waals surface area contributed by atoms with E-state index in [1.54, 1.807) is 66.2 Å². The molecule has 139 heavy (non-hydrogen) atoms. The SMILES string of the molecule is C=C1NC(=O)C/C1=C\c1cnn2c(NC3CC3)cc(-c3ccc(C(=O)N4CCC(F)CC4)s3)nc12.C=C1NC(=O)C/C1=C\c1cnn2c(NC3CC3)cc(-c3ccc(C(=O)N4CC[C@H](N)C4)s3)nc12.C=C1NC(=O)C/C1=C\c1cnn2c(NC3CC3)cc(-c3ccc(C(=O)NC4CCC4)s3)nc12.C=C1NC(=O)C/C1=C\c1cnn2c(NC3CC3)cc(-c3ccc(C(=O)NCc4cnc(C)cn4)s3)nc12. The van der Waals surface area contributed by atoms with E-state index in [1.165, 1.54) is 51.8 Å². The Morgan fingerprint density at radius 3 is 1.07 bits per heavy atom. The summed E-state index contributed by atoms with van der Waals surface area (Å²) in [6.45, 7) is 20.1. The summed E-state index contributed by atoms with van der Waals surface area (Å²) in [5.74, 6) is 2.91. The number of hydrogen-bond acceptors (Lipinski definition) is 27. The Labute approximate surface area is 811 Å². The van der Waals surface area contributed by atoms with Gasteiger partial charge in [-0.2, -0.15) is 38.5 Å².